The fraction of sp³-hybridized carbons (Fsp3) is 0.688. The van der Waals surface area contributed by atoms with Crippen LogP contribution in [-0.4, -0.2) is 63.0 Å². The van der Waals surface area contributed by atoms with Crippen LogP contribution in [0.25, 0.3) is 11.2 Å². The molecule has 26 heavy (non-hydrogen) atoms. The van der Waals surface area contributed by atoms with E-state index in [1.807, 2.05) is 0 Å². The summed E-state index contributed by atoms with van der Waals surface area (Å²) in [6.45, 7) is 10.3. The summed E-state index contributed by atoms with van der Waals surface area (Å²) in [5, 5.41) is 20.6. The Morgan fingerprint density at radius 3 is 2.62 bits per heavy atom. The predicted molar refractivity (Wildman–Crippen MR) is 98.8 cm³/mol. The van der Waals surface area contributed by atoms with Crippen LogP contribution in [0.5, 0.6) is 0 Å². The summed E-state index contributed by atoms with van der Waals surface area (Å²) in [6.07, 6.45) is -0.184. The Bertz CT molecular complexity index is 791. The summed E-state index contributed by atoms with van der Waals surface area (Å²) < 4.78 is 13.9. The summed E-state index contributed by atoms with van der Waals surface area (Å²) in [5.41, 5.74) is 6.73. The van der Waals surface area contributed by atoms with Crippen LogP contribution >= 0.6 is 0 Å². The Balaban J connectivity index is 1.92. The Hall–Kier alpha value is -1.59. The van der Waals surface area contributed by atoms with Gasteiger partial charge in [-0.1, -0.05) is 20.8 Å². The third-order valence-corrected chi connectivity index (χ3v) is 9.86. The number of rotatable bonds is 4. The first-order valence-corrected chi connectivity index (χ1v) is 11.5. The average molecular weight is 382 g/mol. The van der Waals surface area contributed by atoms with Crippen molar-refractivity contribution in [1.29, 1.82) is 0 Å². The fourth-order valence-corrected chi connectivity index (χ4v) is 4.14. The highest BCUT2D eigenvalue weighted by molar-refractivity contribution is 6.74. The van der Waals surface area contributed by atoms with Gasteiger partial charge in [0.2, 0.25) is 0 Å². The van der Waals surface area contributed by atoms with E-state index >= 15 is 0 Å². The number of ether oxygens (including phenoxy) is 1. The molecule has 0 saturated carbocycles. The van der Waals surface area contributed by atoms with Gasteiger partial charge in [-0.15, -0.1) is 0 Å². The molecule has 4 N–H and O–H groups in total. The van der Waals surface area contributed by atoms with E-state index in [1.54, 1.807) is 4.57 Å². The number of fused-ring (bicyclic) bond motifs is 1. The van der Waals surface area contributed by atoms with Gasteiger partial charge in [-0.3, -0.25) is 4.57 Å². The van der Waals surface area contributed by atoms with Gasteiger partial charge in [0, 0.05) is 0 Å². The van der Waals surface area contributed by atoms with E-state index in [1.165, 1.54) is 12.7 Å². The van der Waals surface area contributed by atoms with Gasteiger partial charge in [0.1, 0.15) is 30.2 Å². The second-order valence-electron chi connectivity index (χ2n) is 8.16. The molecule has 0 spiro atoms. The Morgan fingerprint density at radius 2 is 2.00 bits per heavy atom. The first-order chi connectivity index (χ1) is 12.1. The molecule has 10 heteroatoms. The van der Waals surface area contributed by atoms with Gasteiger partial charge in [0.25, 0.3) is 0 Å². The summed E-state index contributed by atoms with van der Waals surface area (Å²) in [5.74, 6) is 0.258. The van der Waals surface area contributed by atoms with Gasteiger partial charge in [0.15, 0.2) is 26.0 Å². The molecule has 1 aliphatic heterocycles. The fourth-order valence-electron chi connectivity index (χ4n) is 2.82. The number of nitrogen functional groups attached to an aromatic ring is 1. The molecule has 0 aromatic carbocycles. The van der Waals surface area contributed by atoms with Gasteiger partial charge in [-0.25, -0.2) is 15.0 Å². The van der Waals surface area contributed by atoms with E-state index in [2.05, 4.69) is 48.8 Å². The highest BCUT2D eigenvalue weighted by Gasteiger charge is 2.50. The minimum atomic E-state index is -2.17. The van der Waals surface area contributed by atoms with Gasteiger partial charge in [-0.2, -0.15) is 0 Å². The molecule has 3 heterocycles. The minimum Gasteiger partial charge on any atom is -0.408 e. The third-order valence-electron chi connectivity index (χ3n) is 5.39. The number of aliphatic hydroxyl groups is 2. The van der Waals surface area contributed by atoms with Crippen molar-refractivity contribution < 1.29 is 19.4 Å². The zero-order chi connectivity index (χ0) is 19.3. The second kappa shape index (κ2) is 6.53. The molecule has 0 amide bonds. The lowest BCUT2D eigenvalue weighted by atomic mass is 10.1. The van der Waals surface area contributed by atoms with Crippen LogP contribution in [0.15, 0.2) is 12.7 Å². The molecule has 9 nitrogen and oxygen atoms in total. The summed E-state index contributed by atoms with van der Waals surface area (Å²) in [6, 6.07) is 0. The van der Waals surface area contributed by atoms with Crippen molar-refractivity contribution in [2.24, 2.45) is 0 Å². The molecular weight excluding hydrogens is 354 g/mol. The smallest absolute Gasteiger partial charge is 0.192 e. The van der Waals surface area contributed by atoms with Crippen LogP contribution in [0.2, 0.25) is 18.1 Å². The van der Waals surface area contributed by atoms with Crippen molar-refractivity contribution in [2.75, 3.05) is 12.3 Å². The minimum absolute atomic E-state index is 0.0335. The number of anilines is 1. The lowest BCUT2D eigenvalue weighted by molar-refractivity contribution is -0.0506. The quantitative estimate of drug-likeness (QED) is 0.670. The predicted octanol–water partition coefficient (Wildman–Crippen LogP) is 1.05. The number of hydrogen-bond acceptors (Lipinski definition) is 8. The molecule has 0 bridgehead atoms. The maximum Gasteiger partial charge on any atom is 0.192 e. The number of nitrogens with two attached hydrogens (primary N) is 1. The van der Waals surface area contributed by atoms with Crippen LogP contribution in [0, 0.1) is 0 Å². The summed E-state index contributed by atoms with van der Waals surface area (Å²) >= 11 is 0. The van der Waals surface area contributed by atoms with Gasteiger partial charge in [0.05, 0.1) is 12.9 Å². The number of imidazole rings is 1. The van der Waals surface area contributed by atoms with Crippen molar-refractivity contribution in [3.8, 4) is 0 Å². The largest absolute Gasteiger partial charge is 0.408 e. The van der Waals surface area contributed by atoms with Crippen LogP contribution in [0.4, 0.5) is 5.82 Å². The first kappa shape index (κ1) is 19.2. The van der Waals surface area contributed by atoms with Crippen molar-refractivity contribution >= 4 is 25.3 Å². The van der Waals surface area contributed by atoms with Crippen molar-refractivity contribution in [1.82, 2.24) is 19.5 Å². The summed E-state index contributed by atoms with van der Waals surface area (Å²) in [4.78, 5) is 12.3. The Kier molecular flexibility index (Phi) is 4.82. The van der Waals surface area contributed by atoms with Crippen LogP contribution in [0.3, 0.4) is 0 Å². The SMILES string of the molecule is CC(C)(C)[Si](C)(C)OC1[C@@H](CO)O[C@@H](n2cnc3c(N)ncnc32)[C@H]1O. The van der Waals surface area contributed by atoms with E-state index < -0.39 is 32.9 Å². The molecule has 144 valence electrons. The first-order valence-electron chi connectivity index (χ1n) is 8.62. The maximum atomic E-state index is 10.9. The molecule has 1 saturated heterocycles. The highest BCUT2D eigenvalue weighted by Crippen LogP contribution is 2.41. The van der Waals surface area contributed by atoms with E-state index in [4.69, 9.17) is 14.9 Å². The van der Waals surface area contributed by atoms with Crippen LogP contribution in [-0.2, 0) is 9.16 Å². The lowest BCUT2D eigenvalue weighted by Gasteiger charge is -2.39. The Morgan fingerprint density at radius 1 is 1.31 bits per heavy atom. The van der Waals surface area contributed by atoms with E-state index in [0.29, 0.717) is 11.2 Å². The normalized spacial score (nSPS) is 27.3. The number of hydrogen-bond donors (Lipinski definition) is 3. The monoisotopic (exact) mass is 381 g/mol. The lowest BCUT2D eigenvalue weighted by Crippen LogP contribution is -2.49. The average Bonchev–Trinajstić information content (AvgIpc) is 3.09. The molecule has 1 unspecified atom stereocenters. The van der Waals surface area contributed by atoms with Gasteiger partial charge < -0.3 is 25.1 Å². The van der Waals surface area contributed by atoms with Crippen molar-refractivity contribution in [3.63, 3.8) is 0 Å². The molecular formula is C16H27N5O4Si. The van der Waals surface area contributed by atoms with Gasteiger partial charge >= 0.3 is 0 Å². The van der Waals surface area contributed by atoms with E-state index in [0.717, 1.165) is 0 Å². The van der Waals surface area contributed by atoms with Crippen molar-refractivity contribution in [3.05, 3.63) is 12.7 Å². The third kappa shape index (κ3) is 3.12. The van der Waals surface area contributed by atoms with Crippen molar-refractivity contribution in [2.45, 2.75) is 63.4 Å². The standard InChI is InChI=1S/C16H27N5O4Si/c1-16(2,3)26(4,5)25-12-9(6-22)24-15(11(12)23)21-8-20-10-13(17)18-7-19-14(10)21/h7-9,11-12,15,22-23H,6H2,1-5H3,(H2,17,18,19)/t9-,11+,12?,15-/m1/s1. The molecule has 0 radical (unpaired) electrons. The molecule has 2 aromatic heterocycles. The topological polar surface area (TPSA) is 129 Å². The van der Waals surface area contributed by atoms with E-state index in [9.17, 15) is 10.2 Å². The maximum absolute atomic E-state index is 10.9. The zero-order valence-electron chi connectivity index (χ0n) is 15.7. The summed E-state index contributed by atoms with van der Waals surface area (Å²) in [7, 11) is -2.17. The zero-order valence-corrected chi connectivity index (χ0v) is 16.7. The molecule has 0 aliphatic carbocycles. The molecule has 1 fully saturated rings. The number of nitrogens with zero attached hydrogens (tertiary/aromatic N) is 4. The van der Waals surface area contributed by atoms with Gasteiger partial charge in [-0.05, 0) is 18.1 Å². The van der Waals surface area contributed by atoms with Crippen LogP contribution < -0.4 is 5.73 Å². The number of aliphatic hydroxyl groups excluding tert-OH is 2. The van der Waals surface area contributed by atoms with E-state index in [-0.39, 0.29) is 17.5 Å². The Labute approximate surface area is 153 Å². The second-order valence-corrected chi connectivity index (χ2v) is 12.9. The molecule has 4 atom stereocenters. The van der Waals surface area contributed by atoms with Crippen LogP contribution in [0.1, 0.15) is 27.0 Å². The molecule has 3 rings (SSSR count). The number of aromatic nitrogens is 4. The molecule has 2 aromatic rings. The molecule has 1 aliphatic rings. The highest BCUT2D eigenvalue weighted by atomic mass is 28.4.